The van der Waals surface area contributed by atoms with Gasteiger partial charge in [-0.15, -0.1) is 10.2 Å². The Hall–Kier alpha value is -1.59. The molecule has 0 saturated carbocycles. The Morgan fingerprint density at radius 1 is 1.47 bits per heavy atom. The highest BCUT2D eigenvalue weighted by Crippen LogP contribution is 2.27. The Kier molecular flexibility index (Phi) is 3.61. The first kappa shape index (κ1) is 11.9. The van der Waals surface area contributed by atoms with Gasteiger partial charge in [-0.25, -0.2) is 0 Å². The molecule has 5 nitrogen and oxygen atoms in total. The molecule has 0 fully saturated rings. The van der Waals surface area contributed by atoms with Crippen LogP contribution in [0.25, 0.3) is 0 Å². The predicted octanol–water partition coefficient (Wildman–Crippen LogP) is 1.48. The molecule has 0 saturated heterocycles. The maximum atomic E-state index is 9.09. The fourth-order valence-corrected chi connectivity index (χ4v) is 1.81. The van der Waals surface area contributed by atoms with E-state index in [9.17, 15) is 0 Å². The summed E-state index contributed by atoms with van der Waals surface area (Å²) >= 11 is 6.12. The Labute approximate surface area is 104 Å². The summed E-state index contributed by atoms with van der Waals surface area (Å²) in [5.41, 5.74) is 0.839. The van der Waals surface area contributed by atoms with Gasteiger partial charge in [-0.1, -0.05) is 17.7 Å². The molecule has 17 heavy (non-hydrogen) atoms. The molecule has 2 aromatic rings. The number of methoxy groups -OCH3 is 1. The monoisotopic (exact) mass is 253 g/mol. The third-order valence-corrected chi connectivity index (χ3v) is 2.82. The van der Waals surface area contributed by atoms with E-state index in [1.165, 1.54) is 0 Å². The molecule has 0 radical (unpaired) electrons. The zero-order chi connectivity index (χ0) is 12.3. The number of nitrogens with zero attached hydrogens (tertiary/aromatic N) is 3. The van der Waals surface area contributed by atoms with Crippen LogP contribution in [0.5, 0.6) is 5.75 Å². The van der Waals surface area contributed by atoms with Gasteiger partial charge in [0.1, 0.15) is 18.7 Å². The van der Waals surface area contributed by atoms with Crippen LogP contribution >= 0.6 is 11.6 Å². The first-order valence-corrected chi connectivity index (χ1v) is 5.43. The normalized spacial score (nSPS) is 10.5. The van der Waals surface area contributed by atoms with Crippen molar-refractivity contribution in [3.8, 4) is 5.75 Å². The van der Waals surface area contributed by atoms with Gasteiger partial charge in [-0.2, -0.15) is 0 Å². The molecule has 2 rings (SSSR count). The minimum atomic E-state index is -0.160. The van der Waals surface area contributed by atoms with Gasteiger partial charge >= 0.3 is 0 Å². The van der Waals surface area contributed by atoms with E-state index in [1.54, 1.807) is 24.1 Å². The number of aliphatic hydroxyl groups is 1. The van der Waals surface area contributed by atoms with Crippen LogP contribution in [0.4, 0.5) is 0 Å². The molecular weight excluding hydrogens is 242 g/mol. The van der Waals surface area contributed by atoms with Crippen LogP contribution in [0.15, 0.2) is 24.5 Å². The lowest BCUT2D eigenvalue weighted by Gasteiger charge is -2.11. The van der Waals surface area contributed by atoms with Gasteiger partial charge in [0, 0.05) is 10.6 Å². The van der Waals surface area contributed by atoms with Crippen LogP contribution in [0, 0.1) is 0 Å². The number of ether oxygens (including phenoxy) is 1. The molecule has 1 heterocycles. The molecule has 90 valence electrons. The lowest BCUT2D eigenvalue weighted by molar-refractivity contribution is 0.265. The van der Waals surface area contributed by atoms with Crippen LogP contribution in [0.1, 0.15) is 11.4 Å². The number of hydrogen-bond donors (Lipinski definition) is 1. The first-order chi connectivity index (χ1) is 8.26. The zero-order valence-corrected chi connectivity index (χ0v) is 10.1. The maximum Gasteiger partial charge on any atom is 0.158 e. The highest BCUT2D eigenvalue weighted by molar-refractivity contribution is 6.31. The number of hydrogen-bond acceptors (Lipinski definition) is 4. The van der Waals surface area contributed by atoms with Crippen molar-refractivity contribution in [2.24, 2.45) is 0 Å². The second-order valence-electron chi connectivity index (χ2n) is 3.45. The number of benzene rings is 1. The molecule has 0 bridgehead atoms. The van der Waals surface area contributed by atoms with Crippen molar-refractivity contribution < 1.29 is 9.84 Å². The van der Waals surface area contributed by atoms with Crippen molar-refractivity contribution in [1.29, 1.82) is 0 Å². The molecule has 0 atom stereocenters. The highest BCUT2D eigenvalue weighted by Gasteiger charge is 2.10. The number of halogens is 1. The summed E-state index contributed by atoms with van der Waals surface area (Å²) in [4.78, 5) is 0. The Bertz CT molecular complexity index is 513. The smallest absolute Gasteiger partial charge is 0.158 e. The fraction of sp³-hybridized carbons (Fsp3) is 0.273. The molecule has 1 N–H and O–H groups in total. The summed E-state index contributed by atoms with van der Waals surface area (Å²) in [5, 5.41) is 17.2. The molecule has 0 unspecified atom stereocenters. The van der Waals surface area contributed by atoms with Gasteiger partial charge in [0.25, 0.3) is 0 Å². The van der Waals surface area contributed by atoms with E-state index in [4.69, 9.17) is 21.4 Å². The van der Waals surface area contributed by atoms with Gasteiger partial charge in [0.05, 0.1) is 13.7 Å². The van der Waals surface area contributed by atoms with Gasteiger partial charge < -0.3 is 14.4 Å². The van der Waals surface area contributed by atoms with E-state index in [0.29, 0.717) is 23.1 Å². The molecule has 1 aromatic heterocycles. The summed E-state index contributed by atoms with van der Waals surface area (Å²) in [6.45, 7) is 0.304. The van der Waals surface area contributed by atoms with Gasteiger partial charge in [0.15, 0.2) is 5.82 Å². The minimum Gasteiger partial charge on any atom is -0.496 e. The summed E-state index contributed by atoms with van der Waals surface area (Å²) in [6, 6.07) is 5.45. The summed E-state index contributed by atoms with van der Waals surface area (Å²) in [7, 11) is 1.59. The standard InChI is InChI=1S/C11H12ClN3O2/c1-17-10-4-2-3-9(12)8(10)5-15-7-13-14-11(15)6-16/h2-4,7,16H,5-6H2,1H3. The number of aliphatic hydroxyl groups excluding tert-OH is 1. The molecule has 0 aliphatic carbocycles. The number of aromatic nitrogens is 3. The van der Waals surface area contributed by atoms with Crippen molar-refractivity contribution in [3.05, 3.63) is 40.9 Å². The number of rotatable bonds is 4. The minimum absolute atomic E-state index is 0.160. The molecular formula is C11H12ClN3O2. The lowest BCUT2D eigenvalue weighted by Crippen LogP contribution is -2.06. The van der Waals surface area contributed by atoms with Crippen LogP contribution in [-0.2, 0) is 13.2 Å². The Balaban J connectivity index is 2.35. The molecule has 0 amide bonds. The Morgan fingerprint density at radius 2 is 2.29 bits per heavy atom. The van der Waals surface area contributed by atoms with Crippen LogP contribution in [-0.4, -0.2) is 27.0 Å². The Morgan fingerprint density at radius 3 is 3.00 bits per heavy atom. The van der Waals surface area contributed by atoms with Crippen molar-refractivity contribution in [2.45, 2.75) is 13.2 Å². The van der Waals surface area contributed by atoms with E-state index in [0.717, 1.165) is 5.56 Å². The van der Waals surface area contributed by atoms with E-state index in [2.05, 4.69) is 10.2 Å². The molecule has 0 aliphatic heterocycles. The third-order valence-electron chi connectivity index (χ3n) is 2.46. The second kappa shape index (κ2) is 5.16. The molecule has 0 spiro atoms. The summed E-state index contributed by atoms with van der Waals surface area (Å²) in [6.07, 6.45) is 1.55. The van der Waals surface area contributed by atoms with E-state index in [-0.39, 0.29) is 6.61 Å². The third kappa shape index (κ3) is 2.40. The van der Waals surface area contributed by atoms with Crippen molar-refractivity contribution >= 4 is 11.6 Å². The van der Waals surface area contributed by atoms with Crippen molar-refractivity contribution in [2.75, 3.05) is 7.11 Å². The molecule has 1 aromatic carbocycles. The van der Waals surface area contributed by atoms with Gasteiger partial charge in [0.2, 0.25) is 0 Å². The topological polar surface area (TPSA) is 60.2 Å². The average molecular weight is 254 g/mol. The fourth-order valence-electron chi connectivity index (χ4n) is 1.59. The SMILES string of the molecule is COc1cccc(Cl)c1Cn1cnnc1CO. The highest BCUT2D eigenvalue weighted by atomic mass is 35.5. The molecule has 0 aliphatic rings. The van der Waals surface area contributed by atoms with Gasteiger partial charge in [-0.3, -0.25) is 0 Å². The van der Waals surface area contributed by atoms with E-state index < -0.39 is 0 Å². The molecule has 6 heteroatoms. The average Bonchev–Trinajstić information content (AvgIpc) is 2.79. The van der Waals surface area contributed by atoms with Crippen LogP contribution < -0.4 is 4.74 Å². The van der Waals surface area contributed by atoms with Crippen LogP contribution in [0.2, 0.25) is 5.02 Å². The lowest BCUT2D eigenvalue weighted by atomic mass is 10.2. The van der Waals surface area contributed by atoms with Crippen molar-refractivity contribution in [3.63, 3.8) is 0 Å². The van der Waals surface area contributed by atoms with Crippen molar-refractivity contribution in [1.82, 2.24) is 14.8 Å². The van der Waals surface area contributed by atoms with E-state index >= 15 is 0 Å². The summed E-state index contributed by atoms with van der Waals surface area (Å²) in [5.74, 6) is 1.20. The summed E-state index contributed by atoms with van der Waals surface area (Å²) < 4.78 is 6.97. The second-order valence-corrected chi connectivity index (χ2v) is 3.86. The van der Waals surface area contributed by atoms with E-state index in [1.807, 2.05) is 12.1 Å². The van der Waals surface area contributed by atoms with Crippen LogP contribution in [0.3, 0.4) is 0 Å². The predicted molar refractivity (Wildman–Crippen MR) is 63.1 cm³/mol. The van der Waals surface area contributed by atoms with Gasteiger partial charge in [-0.05, 0) is 12.1 Å². The zero-order valence-electron chi connectivity index (χ0n) is 9.30. The largest absolute Gasteiger partial charge is 0.496 e. The maximum absolute atomic E-state index is 9.09. The quantitative estimate of drug-likeness (QED) is 0.897. The first-order valence-electron chi connectivity index (χ1n) is 5.05.